The third-order valence-corrected chi connectivity index (χ3v) is 6.19. The van der Waals surface area contributed by atoms with Gasteiger partial charge in [0.05, 0.1) is 43.2 Å². The van der Waals surface area contributed by atoms with Crippen LogP contribution in [0.5, 0.6) is 5.75 Å². The summed E-state index contributed by atoms with van der Waals surface area (Å²) in [6.07, 6.45) is 4.45. The van der Waals surface area contributed by atoms with Crippen molar-refractivity contribution in [1.29, 1.82) is 0 Å². The predicted octanol–water partition coefficient (Wildman–Crippen LogP) is 5.03. The summed E-state index contributed by atoms with van der Waals surface area (Å²) in [6, 6.07) is 15.2. The molecular formula is C28H28FN7O2. The topological polar surface area (TPSA) is 108 Å². The number of hydrogen-bond acceptors (Lipinski definition) is 9. The van der Waals surface area contributed by atoms with Crippen LogP contribution in [0.4, 0.5) is 27.5 Å². The minimum Gasteiger partial charge on any atom is -0.508 e. The SMILES string of the molecule is Cc1cc(/C=N/Nc2ncc(F)c(N3CCOCC3)n2)ncc1Nc1ccc(-c2cccc(O)c2)c(C)c1. The highest BCUT2D eigenvalue weighted by atomic mass is 19.1. The number of aryl methyl sites for hydroxylation is 2. The number of benzene rings is 2. The molecule has 2 aromatic heterocycles. The molecule has 3 heterocycles. The number of rotatable bonds is 7. The number of phenols is 1. The molecule has 0 spiro atoms. The second kappa shape index (κ2) is 11.2. The zero-order chi connectivity index (χ0) is 26.5. The summed E-state index contributed by atoms with van der Waals surface area (Å²) in [5.74, 6) is 0.192. The van der Waals surface area contributed by atoms with E-state index in [0.29, 0.717) is 32.0 Å². The number of aromatic hydroxyl groups is 1. The minimum atomic E-state index is -0.481. The Morgan fingerprint density at radius 1 is 1.03 bits per heavy atom. The van der Waals surface area contributed by atoms with Crippen molar-refractivity contribution in [3.63, 3.8) is 0 Å². The summed E-state index contributed by atoms with van der Waals surface area (Å²) in [5.41, 5.74) is 9.30. The molecule has 0 bridgehead atoms. The van der Waals surface area contributed by atoms with Crippen LogP contribution in [0.1, 0.15) is 16.8 Å². The van der Waals surface area contributed by atoms with Gasteiger partial charge in [-0.15, -0.1) is 0 Å². The highest BCUT2D eigenvalue weighted by Crippen LogP contribution is 2.30. The third kappa shape index (κ3) is 5.87. The Morgan fingerprint density at radius 3 is 2.63 bits per heavy atom. The maximum Gasteiger partial charge on any atom is 0.245 e. The molecule has 38 heavy (non-hydrogen) atoms. The number of nitrogens with one attached hydrogen (secondary N) is 2. The summed E-state index contributed by atoms with van der Waals surface area (Å²) >= 11 is 0. The number of aromatic nitrogens is 3. The molecule has 0 unspecified atom stereocenters. The number of nitrogens with zero attached hydrogens (tertiary/aromatic N) is 5. The van der Waals surface area contributed by atoms with E-state index in [9.17, 15) is 9.50 Å². The fraction of sp³-hybridized carbons (Fsp3) is 0.214. The van der Waals surface area contributed by atoms with E-state index in [-0.39, 0.29) is 17.5 Å². The number of morpholine rings is 1. The molecule has 0 amide bonds. The maximum atomic E-state index is 14.2. The van der Waals surface area contributed by atoms with Gasteiger partial charge in [-0.1, -0.05) is 18.2 Å². The van der Waals surface area contributed by atoms with Crippen LogP contribution < -0.4 is 15.6 Å². The van der Waals surface area contributed by atoms with Crippen molar-refractivity contribution >= 4 is 29.4 Å². The average Bonchev–Trinajstić information content (AvgIpc) is 2.92. The van der Waals surface area contributed by atoms with Gasteiger partial charge in [-0.2, -0.15) is 10.1 Å². The van der Waals surface area contributed by atoms with Crippen molar-refractivity contribution in [1.82, 2.24) is 15.0 Å². The first kappa shape index (κ1) is 25.1. The van der Waals surface area contributed by atoms with Crippen molar-refractivity contribution in [2.75, 3.05) is 41.9 Å². The Balaban J connectivity index is 1.24. The Labute approximate surface area is 220 Å². The quantitative estimate of drug-likeness (QED) is 0.233. The monoisotopic (exact) mass is 513 g/mol. The van der Waals surface area contributed by atoms with Crippen LogP contribution in [-0.2, 0) is 4.74 Å². The second-order valence-corrected chi connectivity index (χ2v) is 8.96. The van der Waals surface area contributed by atoms with Gasteiger partial charge in [0.2, 0.25) is 5.95 Å². The van der Waals surface area contributed by atoms with Gasteiger partial charge in [-0.3, -0.25) is 4.98 Å². The molecule has 0 saturated carbocycles. The van der Waals surface area contributed by atoms with E-state index in [2.05, 4.69) is 36.9 Å². The molecule has 0 aliphatic carbocycles. The van der Waals surface area contributed by atoms with E-state index in [4.69, 9.17) is 4.74 Å². The zero-order valence-electron chi connectivity index (χ0n) is 21.1. The lowest BCUT2D eigenvalue weighted by atomic mass is 10.00. The number of hydrazone groups is 1. The average molecular weight is 514 g/mol. The van der Waals surface area contributed by atoms with Crippen molar-refractivity contribution in [3.8, 4) is 16.9 Å². The molecule has 1 aliphatic heterocycles. The molecule has 5 rings (SSSR count). The van der Waals surface area contributed by atoms with Gasteiger partial charge in [0.25, 0.3) is 0 Å². The van der Waals surface area contributed by atoms with Crippen LogP contribution in [0.2, 0.25) is 0 Å². The Morgan fingerprint density at radius 2 is 1.87 bits per heavy atom. The number of ether oxygens (including phenoxy) is 1. The van der Waals surface area contributed by atoms with Crippen LogP contribution in [0.3, 0.4) is 0 Å². The summed E-state index contributed by atoms with van der Waals surface area (Å²) in [7, 11) is 0. The molecular weight excluding hydrogens is 485 g/mol. The highest BCUT2D eigenvalue weighted by Gasteiger charge is 2.17. The largest absolute Gasteiger partial charge is 0.508 e. The van der Waals surface area contributed by atoms with Crippen molar-refractivity contribution in [2.24, 2.45) is 5.10 Å². The standard InChI is InChI=1S/C28H28FN7O2/c1-18-12-21(6-7-24(18)20-4-3-5-23(37)14-20)33-26-17-30-22(13-19(26)2)15-32-35-28-31-16-25(29)27(34-28)36-8-10-38-11-9-36/h3-7,12-17,33,37H,8-11H2,1-2H3,(H,31,34,35)/b32-15+. The van der Waals surface area contributed by atoms with E-state index in [1.807, 2.05) is 49.1 Å². The molecule has 3 N–H and O–H groups in total. The number of halogens is 1. The normalized spacial score (nSPS) is 13.6. The van der Waals surface area contributed by atoms with Crippen molar-refractivity contribution in [3.05, 3.63) is 83.6 Å². The van der Waals surface area contributed by atoms with Gasteiger partial charge in [0.15, 0.2) is 11.6 Å². The summed E-state index contributed by atoms with van der Waals surface area (Å²) < 4.78 is 19.5. The lowest BCUT2D eigenvalue weighted by Crippen LogP contribution is -2.37. The van der Waals surface area contributed by atoms with Crippen LogP contribution in [0.15, 0.2) is 66.0 Å². The summed E-state index contributed by atoms with van der Waals surface area (Å²) in [4.78, 5) is 14.5. The van der Waals surface area contributed by atoms with E-state index in [1.54, 1.807) is 24.5 Å². The van der Waals surface area contributed by atoms with E-state index >= 15 is 0 Å². The maximum absolute atomic E-state index is 14.2. The molecule has 2 aromatic carbocycles. The number of pyridine rings is 1. The molecule has 194 valence electrons. The van der Waals surface area contributed by atoms with Crippen LogP contribution >= 0.6 is 0 Å². The van der Waals surface area contributed by atoms with Crippen LogP contribution in [0, 0.1) is 19.7 Å². The predicted molar refractivity (Wildman–Crippen MR) is 147 cm³/mol. The lowest BCUT2D eigenvalue weighted by molar-refractivity contribution is 0.122. The van der Waals surface area contributed by atoms with Gasteiger partial charge >= 0.3 is 0 Å². The Kier molecular flexibility index (Phi) is 7.41. The summed E-state index contributed by atoms with van der Waals surface area (Å²) in [5, 5.41) is 17.4. The van der Waals surface area contributed by atoms with Gasteiger partial charge in [0.1, 0.15) is 5.75 Å². The second-order valence-electron chi connectivity index (χ2n) is 8.96. The Hall–Kier alpha value is -4.57. The number of hydrogen-bond donors (Lipinski definition) is 3. The fourth-order valence-electron chi connectivity index (χ4n) is 4.24. The lowest BCUT2D eigenvalue weighted by Gasteiger charge is -2.27. The first-order valence-corrected chi connectivity index (χ1v) is 12.2. The third-order valence-electron chi connectivity index (χ3n) is 6.19. The van der Waals surface area contributed by atoms with Gasteiger partial charge in [0, 0.05) is 18.8 Å². The molecule has 4 aromatic rings. The van der Waals surface area contributed by atoms with Gasteiger partial charge in [-0.25, -0.2) is 14.8 Å². The number of anilines is 4. The van der Waals surface area contributed by atoms with E-state index < -0.39 is 5.82 Å². The van der Waals surface area contributed by atoms with E-state index in [0.717, 1.165) is 39.8 Å². The molecule has 10 heteroatoms. The van der Waals surface area contributed by atoms with E-state index in [1.165, 1.54) is 0 Å². The highest BCUT2D eigenvalue weighted by molar-refractivity contribution is 5.79. The number of phenolic OH excluding ortho intramolecular Hbond substituents is 1. The minimum absolute atomic E-state index is 0.198. The molecule has 1 fully saturated rings. The van der Waals surface area contributed by atoms with Crippen LogP contribution in [0.25, 0.3) is 11.1 Å². The van der Waals surface area contributed by atoms with Crippen molar-refractivity contribution < 1.29 is 14.2 Å². The Bertz CT molecular complexity index is 1470. The van der Waals surface area contributed by atoms with Gasteiger partial charge < -0.3 is 20.1 Å². The molecule has 1 aliphatic rings. The molecule has 0 atom stereocenters. The first-order chi connectivity index (χ1) is 18.5. The van der Waals surface area contributed by atoms with Crippen molar-refractivity contribution in [2.45, 2.75) is 13.8 Å². The smallest absolute Gasteiger partial charge is 0.245 e. The summed E-state index contributed by atoms with van der Waals surface area (Å²) in [6.45, 7) is 6.23. The fourth-order valence-corrected chi connectivity index (χ4v) is 4.24. The van der Waals surface area contributed by atoms with Gasteiger partial charge in [-0.05, 0) is 66.4 Å². The molecule has 1 saturated heterocycles. The first-order valence-electron chi connectivity index (χ1n) is 12.2. The molecule has 9 nitrogen and oxygen atoms in total. The van der Waals surface area contributed by atoms with Crippen LogP contribution in [-0.4, -0.2) is 52.6 Å². The molecule has 0 radical (unpaired) electrons. The zero-order valence-corrected chi connectivity index (χ0v) is 21.1.